The average Bonchev–Trinajstić information content (AvgIpc) is 2.29. The average molecular weight is 212 g/mol. The van der Waals surface area contributed by atoms with Crippen LogP contribution in [0, 0.1) is 6.92 Å². The molecule has 1 aromatic rings. The number of aliphatic hydroxyl groups is 2. The lowest BCUT2D eigenvalue weighted by Crippen LogP contribution is -2.21. The Morgan fingerprint density at radius 2 is 2.00 bits per heavy atom. The molecule has 0 aliphatic heterocycles. The highest BCUT2D eigenvalue weighted by molar-refractivity contribution is 5.27. The number of benzene rings is 1. The molecule has 0 fully saturated rings. The van der Waals surface area contributed by atoms with Crippen molar-refractivity contribution in [1.82, 2.24) is 0 Å². The normalized spacial score (nSPS) is 11.3. The van der Waals surface area contributed by atoms with E-state index in [0.29, 0.717) is 5.75 Å². The fourth-order valence-corrected chi connectivity index (χ4v) is 0.950. The molecule has 3 nitrogen and oxygen atoms in total. The fraction of sp³-hybridized carbons (Fsp3) is 0.500. The molecule has 0 heterocycles. The summed E-state index contributed by atoms with van der Waals surface area (Å²) in [6.45, 7) is 5.82. The van der Waals surface area contributed by atoms with Crippen molar-refractivity contribution in [2.45, 2.75) is 26.9 Å². The van der Waals surface area contributed by atoms with E-state index in [0.717, 1.165) is 5.56 Å². The summed E-state index contributed by atoms with van der Waals surface area (Å²) in [7, 11) is 0. The Morgan fingerprint density at radius 1 is 1.33 bits per heavy atom. The summed E-state index contributed by atoms with van der Waals surface area (Å²) in [4.78, 5) is 0. The van der Waals surface area contributed by atoms with E-state index in [1.54, 1.807) is 0 Å². The van der Waals surface area contributed by atoms with Crippen LogP contribution in [0.1, 0.15) is 19.4 Å². The van der Waals surface area contributed by atoms with Gasteiger partial charge in [-0.3, -0.25) is 0 Å². The van der Waals surface area contributed by atoms with Gasteiger partial charge in [-0.05, 0) is 24.6 Å². The molecule has 3 heteroatoms. The van der Waals surface area contributed by atoms with Gasteiger partial charge in [-0.2, -0.15) is 0 Å². The molecular formula is C12H20O3. The first-order valence-electron chi connectivity index (χ1n) is 5.21. The molecule has 1 unspecified atom stereocenters. The summed E-state index contributed by atoms with van der Waals surface area (Å²) in [5.74, 6) is 0.715. The highest BCUT2D eigenvalue weighted by atomic mass is 16.5. The van der Waals surface area contributed by atoms with Gasteiger partial charge in [0, 0.05) is 0 Å². The van der Waals surface area contributed by atoms with Crippen LogP contribution in [0.5, 0.6) is 5.75 Å². The molecule has 0 saturated heterocycles. The Hall–Kier alpha value is -1.06. The van der Waals surface area contributed by atoms with Crippen molar-refractivity contribution in [3.05, 3.63) is 29.8 Å². The second-order valence-electron chi connectivity index (χ2n) is 2.96. The van der Waals surface area contributed by atoms with E-state index < -0.39 is 6.10 Å². The Kier molecular flexibility index (Phi) is 7.68. The van der Waals surface area contributed by atoms with Crippen LogP contribution >= 0.6 is 0 Å². The van der Waals surface area contributed by atoms with Crippen LogP contribution in [0.25, 0.3) is 0 Å². The van der Waals surface area contributed by atoms with Gasteiger partial charge >= 0.3 is 0 Å². The van der Waals surface area contributed by atoms with Crippen molar-refractivity contribution in [2.24, 2.45) is 0 Å². The zero-order valence-electron chi connectivity index (χ0n) is 9.60. The van der Waals surface area contributed by atoms with Crippen molar-refractivity contribution < 1.29 is 14.9 Å². The predicted octanol–water partition coefficient (Wildman–Crippen LogP) is 1.75. The molecule has 0 bridgehead atoms. The summed E-state index contributed by atoms with van der Waals surface area (Å²) >= 11 is 0. The summed E-state index contributed by atoms with van der Waals surface area (Å²) in [6, 6.07) is 7.55. The highest BCUT2D eigenvalue weighted by Gasteiger charge is 2.02. The molecule has 86 valence electrons. The number of aliphatic hydroxyl groups excluding tert-OH is 2. The number of ether oxygens (including phenoxy) is 1. The van der Waals surface area contributed by atoms with E-state index in [4.69, 9.17) is 14.9 Å². The SMILES string of the molecule is CC.Cc1cccc(OCC(O)CO)c1. The van der Waals surface area contributed by atoms with Crippen molar-refractivity contribution >= 4 is 0 Å². The molecule has 0 spiro atoms. The Labute approximate surface area is 91.3 Å². The minimum atomic E-state index is -0.805. The lowest BCUT2D eigenvalue weighted by molar-refractivity contribution is 0.0536. The van der Waals surface area contributed by atoms with Gasteiger partial charge in [0.25, 0.3) is 0 Å². The zero-order valence-corrected chi connectivity index (χ0v) is 9.60. The molecule has 0 aliphatic carbocycles. The maximum atomic E-state index is 9.01. The first-order chi connectivity index (χ1) is 7.22. The first kappa shape index (κ1) is 13.9. The van der Waals surface area contributed by atoms with Crippen molar-refractivity contribution in [3.63, 3.8) is 0 Å². The summed E-state index contributed by atoms with van der Waals surface area (Å²) < 4.78 is 5.23. The summed E-state index contributed by atoms with van der Waals surface area (Å²) in [6.07, 6.45) is -0.805. The molecule has 2 N–H and O–H groups in total. The predicted molar refractivity (Wildman–Crippen MR) is 61.1 cm³/mol. The van der Waals surface area contributed by atoms with E-state index >= 15 is 0 Å². The van der Waals surface area contributed by atoms with Gasteiger partial charge in [0.15, 0.2) is 0 Å². The second-order valence-corrected chi connectivity index (χ2v) is 2.96. The van der Waals surface area contributed by atoms with Crippen molar-refractivity contribution in [1.29, 1.82) is 0 Å². The molecule has 15 heavy (non-hydrogen) atoms. The van der Waals surface area contributed by atoms with E-state index in [9.17, 15) is 0 Å². The number of hydrogen-bond acceptors (Lipinski definition) is 3. The van der Waals surface area contributed by atoms with Crippen LogP contribution in [-0.4, -0.2) is 29.5 Å². The smallest absolute Gasteiger partial charge is 0.119 e. The maximum Gasteiger partial charge on any atom is 0.119 e. The summed E-state index contributed by atoms with van der Waals surface area (Å²) in [5, 5.41) is 17.6. The van der Waals surface area contributed by atoms with E-state index in [1.807, 2.05) is 45.0 Å². The van der Waals surface area contributed by atoms with Gasteiger partial charge in [-0.25, -0.2) is 0 Å². The van der Waals surface area contributed by atoms with Gasteiger partial charge < -0.3 is 14.9 Å². The second kappa shape index (κ2) is 8.26. The summed E-state index contributed by atoms with van der Waals surface area (Å²) in [5.41, 5.74) is 1.11. The van der Waals surface area contributed by atoms with Crippen molar-refractivity contribution in [3.8, 4) is 5.75 Å². The molecule has 1 atom stereocenters. The van der Waals surface area contributed by atoms with Crippen LogP contribution in [0.4, 0.5) is 0 Å². The Bertz CT molecular complexity index is 261. The minimum absolute atomic E-state index is 0.125. The Balaban J connectivity index is 0.000000921. The van der Waals surface area contributed by atoms with Gasteiger partial charge in [0.05, 0.1) is 6.61 Å². The van der Waals surface area contributed by atoms with Crippen LogP contribution in [0.2, 0.25) is 0 Å². The number of hydrogen-bond donors (Lipinski definition) is 2. The Morgan fingerprint density at radius 3 is 2.53 bits per heavy atom. The van der Waals surface area contributed by atoms with Gasteiger partial charge in [0.1, 0.15) is 18.5 Å². The molecule has 0 radical (unpaired) electrons. The zero-order chi connectivity index (χ0) is 11.7. The fourth-order valence-electron chi connectivity index (χ4n) is 0.950. The largest absolute Gasteiger partial charge is 0.491 e. The topological polar surface area (TPSA) is 49.7 Å². The third kappa shape index (κ3) is 6.10. The van der Waals surface area contributed by atoms with Crippen LogP contribution < -0.4 is 4.74 Å². The number of rotatable bonds is 4. The molecule has 0 aromatic heterocycles. The van der Waals surface area contributed by atoms with Crippen LogP contribution in [0.3, 0.4) is 0 Å². The van der Waals surface area contributed by atoms with Gasteiger partial charge in [-0.1, -0.05) is 26.0 Å². The van der Waals surface area contributed by atoms with Crippen LogP contribution in [0.15, 0.2) is 24.3 Å². The monoisotopic (exact) mass is 212 g/mol. The molecular weight excluding hydrogens is 192 g/mol. The van der Waals surface area contributed by atoms with E-state index in [2.05, 4.69) is 0 Å². The quantitative estimate of drug-likeness (QED) is 0.799. The molecule has 1 rings (SSSR count). The molecule has 1 aromatic carbocycles. The highest BCUT2D eigenvalue weighted by Crippen LogP contribution is 2.12. The standard InChI is InChI=1S/C10H14O3.C2H6/c1-8-3-2-4-10(5-8)13-7-9(12)6-11;1-2/h2-5,9,11-12H,6-7H2,1H3;1-2H3. The number of aryl methyl sites for hydroxylation is 1. The molecule has 0 saturated carbocycles. The van der Waals surface area contributed by atoms with Crippen molar-refractivity contribution in [2.75, 3.05) is 13.2 Å². The minimum Gasteiger partial charge on any atom is -0.491 e. The van der Waals surface area contributed by atoms with E-state index in [1.165, 1.54) is 0 Å². The van der Waals surface area contributed by atoms with Gasteiger partial charge in [-0.15, -0.1) is 0 Å². The molecule has 0 amide bonds. The third-order valence-electron chi connectivity index (χ3n) is 1.64. The van der Waals surface area contributed by atoms with Crippen LogP contribution in [-0.2, 0) is 0 Å². The van der Waals surface area contributed by atoms with Gasteiger partial charge in [0.2, 0.25) is 0 Å². The lowest BCUT2D eigenvalue weighted by Gasteiger charge is -2.09. The van der Waals surface area contributed by atoms with E-state index in [-0.39, 0.29) is 13.2 Å². The third-order valence-corrected chi connectivity index (χ3v) is 1.64. The molecule has 0 aliphatic rings. The first-order valence-corrected chi connectivity index (χ1v) is 5.21. The lowest BCUT2D eigenvalue weighted by atomic mass is 10.2. The maximum absolute atomic E-state index is 9.01.